The lowest BCUT2D eigenvalue weighted by Gasteiger charge is -2.48. The predicted octanol–water partition coefficient (Wildman–Crippen LogP) is 2.51. The largest absolute Gasteiger partial charge is 0.368 e. The highest BCUT2D eigenvalue weighted by Gasteiger charge is 2.44. The number of hydrogen-bond acceptors (Lipinski definition) is 4. The Morgan fingerprint density at radius 1 is 0.731 bits per heavy atom. The summed E-state index contributed by atoms with van der Waals surface area (Å²) in [6, 6.07) is 0. The minimum atomic E-state index is -0.357. The third-order valence-corrected chi connectivity index (χ3v) is 6.50. The van der Waals surface area contributed by atoms with Gasteiger partial charge < -0.3 is 15.5 Å². The molecule has 0 spiro atoms. The van der Waals surface area contributed by atoms with Gasteiger partial charge in [0, 0.05) is 13.1 Å². The van der Waals surface area contributed by atoms with E-state index in [1.165, 1.54) is 71.1 Å². The zero-order valence-corrected chi connectivity index (χ0v) is 17.8. The maximum Gasteiger partial charge on any atom is 0.238 e. The minimum absolute atomic E-state index is 0. The van der Waals surface area contributed by atoms with E-state index in [9.17, 15) is 4.79 Å². The van der Waals surface area contributed by atoms with Crippen LogP contribution in [0.25, 0.3) is 0 Å². The second-order valence-corrected chi connectivity index (χ2v) is 8.04. The number of nitrogens with two attached hydrogens (primary N) is 1. The highest BCUT2D eigenvalue weighted by molar-refractivity contribution is 5.86. The molecule has 26 heavy (non-hydrogen) atoms. The van der Waals surface area contributed by atoms with Gasteiger partial charge in [-0.15, -0.1) is 24.8 Å². The van der Waals surface area contributed by atoms with Crippen molar-refractivity contribution in [2.75, 3.05) is 52.4 Å². The fraction of sp³-hybridized carbons (Fsp3) is 0.947. The van der Waals surface area contributed by atoms with Crippen LogP contribution in [0.4, 0.5) is 0 Å². The number of piperidine rings is 3. The average Bonchev–Trinajstić information content (AvgIpc) is 2.64. The van der Waals surface area contributed by atoms with E-state index in [0.29, 0.717) is 0 Å². The molecule has 3 aliphatic heterocycles. The van der Waals surface area contributed by atoms with Crippen LogP contribution >= 0.6 is 24.8 Å². The van der Waals surface area contributed by atoms with Gasteiger partial charge in [-0.2, -0.15) is 0 Å². The van der Waals surface area contributed by atoms with Crippen LogP contribution in [0.1, 0.15) is 57.8 Å². The third-order valence-electron chi connectivity index (χ3n) is 6.50. The van der Waals surface area contributed by atoms with E-state index in [4.69, 9.17) is 5.73 Å². The number of carbonyl (C=O) groups is 1. The Hall–Kier alpha value is -0.0700. The molecule has 5 nitrogen and oxygen atoms in total. The summed E-state index contributed by atoms with van der Waals surface area (Å²) in [5, 5.41) is 0. The van der Waals surface area contributed by atoms with E-state index in [1.54, 1.807) is 0 Å². The summed E-state index contributed by atoms with van der Waals surface area (Å²) in [4.78, 5) is 19.8. The molecule has 3 aliphatic rings. The monoisotopic (exact) mass is 408 g/mol. The summed E-state index contributed by atoms with van der Waals surface area (Å²) in [6.45, 7) is 9.16. The quantitative estimate of drug-likeness (QED) is 0.733. The summed E-state index contributed by atoms with van der Waals surface area (Å²) < 4.78 is 0. The Balaban J connectivity index is 0.00000169. The number of carbonyl (C=O) groups excluding carboxylic acids is 1. The van der Waals surface area contributed by atoms with Gasteiger partial charge in [0.2, 0.25) is 5.91 Å². The van der Waals surface area contributed by atoms with Crippen LogP contribution in [-0.4, -0.2) is 78.5 Å². The maximum atomic E-state index is 12.3. The van der Waals surface area contributed by atoms with Crippen LogP contribution in [0.5, 0.6) is 0 Å². The van der Waals surface area contributed by atoms with E-state index in [1.807, 2.05) is 0 Å². The highest BCUT2D eigenvalue weighted by Crippen LogP contribution is 2.31. The molecule has 0 bridgehead atoms. The molecule has 3 heterocycles. The van der Waals surface area contributed by atoms with Crippen molar-refractivity contribution >= 4 is 30.7 Å². The summed E-state index contributed by atoms with van der Waals surface area (Å²) in [6.07, 6.45) is 11.0. The Morgan fingerprint density at radius 2 is 1.19 bits per heavy atom. The molecular weight excluding hydrogens is 371 g/mol. The van der Waals surface area contributed by atoms with E-state index in [-0.39, 0.29) is 36.3 Å². The van der Waals surface area contributed by atoms with E-state index < -0.39 is 0 Å². The first-order valence-corrected chi connectivity index (χ1v) is 10.2. The van der Waals surface area contributed by atoms with Gasteiger partial charge in [0.1, 0.15) is 5.54 Å². The number of primary amides is 1. The van der Waals surface area contributed by atoms with Crippen molar-refractivity contribution < 1.29 is 4.79 Å². The first kappa shape index (κ1) is 24.0. The standard InChI is InChI=1S/C19H36N4O.2ClH/c20-18(24)19(23-14-5-2-6-15-23)8-16-22(17-9-19)13-7-12-21-10-3-1-4-11-21;;/h1-17H2,(H2,20,24);2*1H. The first-order valence-electron chi connectivity index (χ1n) is 10.2. The normalized spacial score (nSPS) is 25.1. The van der Waals surface area contributed by atoms with Crippen LogP contribution in [0.2, 0.25) is 0 Å². The van der Waals surface area contributed by atoms with Crippen LogP contribution in [0, 0.1) is 0 Å². The number of amides is 1. The van der Waals surface area contributed by atoms with Gasteiger partial charge in [-0.3, -0.25) is 9.69 Å². The molecule has 0 aromatic heterocycles. The first-order chi connectivity index (χ1) is 11.7. The number of rotatable bonds is 6. The summed E-state index contributed by atoms with van der Waals surface area (Å²) >= 11 is 0. The van der Waals surface area contributed by atoms with Gasteiger partial charge in [0.25, 0.3) is 0 Å². The molecule has 3 saturated heterocycles. The Morgan fingerprint density at radius 3 is 1.69 bits per heavy atom. The van der Waals surface area contributed by atoms with Crippen molar-refractivity contribution in [3.05, 3.63) is 0 Å². The summed E-state index contributed by atoms with van der Waals surface area (Å²) in [5.41, 5.74) is 5.51. The second-order valence-electron chi connectivity index (χ2n) is 8.04. The van der Waals surface area contributed by atoms with Gasteiger partial charge in [-0.1, -0.05) is 12.8 Å². The SMILES string of the molecule is Cl.Cl.NC(=O)C1(N2CCCCC2)CCN(CCCN2CCCCC2)CC1. The van der Waals surface area contributed by atoms with Crippen LogP contribution in [0.15, 0.2) is 0 Å². The van der Waals surface area contributed by atoms with Crippen LogP contribution < -0.4 is 5.73 Å². The van der Waals surface area contributed by atoms with Crippen molar-refractivity contribution in [3.63, 3.8) is 0 Å². The zero-order valence-electron chi connectivity index (χ0n) is 16.2. The van der Waals surface area contributed by atoms with Gasteiger partial charge >= 0.3 is 0 Å². The fourth-order valence-corrected chi connectivity index (χ4v) is 4.89. The summed E-state index contributed by atoms with van der Waals surface area (Å²) in [7, 11) is 0. The molecule has 0 aromatic rings. The Labute approximate surface area is 171 Å². The van der Waals surface area contributed by atoms with Crippen molar-refractivity contribution in [1.29, 1.82) is 0 Å². The molecule has 0 aliphatic carbocycles. The van der Waals surface area contributed by atoms with E-state index in [2.05, 4.69) is 14.7 Å². The minimum Gasteiger partial charge on any atom is -0.368 e. The lowest BCUT2D eigenvalue weighted by Crippen LogP contribution is -2.63. The van der Waals surface area contributed by atoms with Crippen molar-refractivity contribution in [3.8, 4) is 0 Å². The maximum absolute atomic E-state index is 12.3. The lowest BCUT2D eigenvalue weighted by molar-refractivity contribution is -0.135. The number of nitrogens with zero attached hydrogens (tertiary/aromatic N) is 3. The molecule has 3 fully saturated rings. The van der Waals surface area contributed by atoms with Gasteiger partial charge in [-0.05, 0) is 84.2 Å². The molecule has 154 valence electrons. The molecule has 0 unspecified atom stereocenters. The number of hydrogen-bond donors (Lipinski definition) is 1. The van der Waals surface area contributed by atoms with Crippen LogP contribution in [0.3, 0.4) is 0 Å². The molecule has 2 N–H and O–H groups in total. The van der Waals surface area contributed by atoms with Gasteiger partial charge in [-0.25, -0.2) is 0 Å². The molecule has 1 amide bonds. The van der Waals surface area contributed by atoms with Crippen molar-refractivity contribution in [1.82, 2.24) is 14.7 Å². The smallest absolute Gasteiger partial charge is 0.238 e. The third kappa shape index (κ3) is 5.96. The second kappa shape index (κ2) is 11.7. The van der Waals surface area contributed by atoms with Crippen molar-refractivity contribution in [2.45, 2.75) is 63.3 Å². The van der Waals surface area contributed by atoms with E-state index >= 15 is 0 Å². The molecule has 0 saturated carbocycles. The predicted molar refractivity (Wildman–Crippen MR) is 112 cm³/mol. The number of halogens is 2. The van der Waals surface area contributed by atoms with Crippen molar-refractivity contribution in [2.24, 2.45) is 5.73 Å². The average molecular weight is 409 g/mol. The number of likely N-dealkylation sites (tertiary alicyclic amines) is 3. The topological polar surface area (TPSA) is 52.8 Å². The molecule has 3 rings (SSSR count). The molecule has 0 aromatic carbocycles. The molecule has 0 radical (unpaired) electrons. The zero-order chi connectivity index (χ0) is 16.8. The molecule has 7 heteroatoms. The van der Waals surface area contributed by atoms with Gasteiger partial charge in [0.05, 0.1) is 0 Å². The van der Waals surface area contributed by atoms with E-state index in [0.717, 1.165) is 39.0 Å². The fourth-order valence-electron chi connectivity index (χ4n) is 4.89. The highest BCUT2D eigenvalue weighted by atomic mass is 35.5. The molecule has 0 atom stereocenters. The Bertz CT molecular complexity index is 404. The Kier molecular flexibility index (Phi) is 10.8. The molecular formula is C19H38Cl2N4O. The van der Waals surface area contributed by atoms with Crippen LogP contribution in [-0.2, 0) is 4.79 Å². The lowest BCUT2D eigenvalue weighted by atomic mass is 9.83. The summed E-state index contributed by atoms with van der Waals surface area (Å²) in [5.74, 6) is -0.0858. The van der Waals surface area contributed by atoms with Gasteiger partial charge in [0.15, 0.2) is 0 Å².